The summed E-state index contributed by atoms with van der Waals surface area (Å²) in [4.78, 5) is 0.178. The first-order valence-corrected chi connectivity index (χ1v) is 9.57. The van der Waals surface area contributed by atoms with Crippen LogP contribution < -0.4 is 0 Å². The van der Waals surface area contributed by atoms with Gasteiger partial charge in [0.05, 0.1) is 22.3 Å². The molecule has 0 N–H and O–H groups in total. The van der Waals surface area contributed by atoms with Crippen LogP contribution in [0, 0.1) is 17.2 Å². The van der Waals surface area contributed by atoms with E-state index in [4.69, 9.17) is 5.26 Å². The molecule has 20 heavy (non-hydrogen) atoms. The van der Waals surface area contributed by atoms with Crippen molar-refractivity contribution in [2.45, 2.75) is 25.2 Å². The number of benzene rings is 1. The lowest BCUT2D eigenvalue weighted by Crippen LogP contribution is -2.16. The number of hydrogen-bond acceptors (Lipinski definition) is 4. The highest BCUT2D eigenvalue weighted by molar-refractivity contribution is 7.93. The molecular weight excluding hydrogens is 294 g/mol. The summed E-state index contributed by atoms with van der Waals surface area (Å²) in [7, 11) is -4.52. The van der Waals surface area contributed by atoms with Crippen LogP contribution in [0.4, 0.5) is 0 Å². The summed E-state index contributed by atoms with van der Waals surface area (Å²) < 4.78 is 35.8. The Balaban J connectivity index is 2.61. The molecule has 0 amide bonds. The largest absolute Gasteiger partial charge is 0.260 e. The van der Waals surface area contributed by atoms with Gasteiger partial charge in [0.15, 0.2) is 9.84 Å². The van der Waals surface area contributed by atoms with Crippen LogP contribution in [0.1, 0.15) is 25.8 Å². The van der Waals surface area contributed by atoms with Crippen LogP contribution in [-0.4, -0.2) is 29.9 Å². The second kappa shape index (κ2) is 7.55. The van der Waals surface area contributed by atoms with E-state index in [2.05, 4.69) is 0 Å². The maximum atomic E-state index is 12.1. The lowest BCUT2D eigenvalue weighted by molar-refractivity contribution is 0.596. The van der Waals surface area contributed by atoms with Crippen molar-refractivity contribution in [2.24, 2.45) is 5.92 Å². The fourth-order valence-electron chi connectivity index (χ4n) is 1.53. The third kappa shape index (κ3) is 5.43. The molecule has 1 unspecified atom stereocenters. The Morgan fingerprint density at radius 2 is 1.80 bits per heavy atom. The van der Waals surface area contributed by atoms with Crippen LogP contribution in [0.5, 0.6) is 0 Å². The van der Waals surface area contributed by atoms with Crippen LogP contribution >= 0.6 is 0 Å². The number of nitriles is 1. The van der Waals surface area contributed by atoms with Gasteiger partial charge in [-0.05, 0) is 36.6 Å². The summed E-state index contributed by atoms with van der Waals surface area (Å²) >= 11 is 0. The molecule has 1 aromatic carbocycles. The number of rotatable bonds is 7. The van der Waals surface area contributed by atoms with Gasteiger partial charge in [-0.1, -0.05) is 13.8 Å². The minimum atomic E-state index is -3.42. The van der Waals surface area contributed by atoms with Gasteiger partial charge in [0, 0.05) is 22.3 Å². The minimum absolute atomic E-state index is 0.121. The van der Waals surface area contributed by atoms with E-state index in [0.717, 1.165) is 6.42 Å². The zero-order valence-electron chi connectivity index (χ0n) is 11.7. The Labute approximate surface area is 123 Å². The Hall–Kier alpha value is -1.19. The van der Waals surface area contributed by atoms with E-state index < -0.39 is 20.6 Å². The Morgan fingerprint density at radius 3 is 2.30 bits per heavy atom. The quantitative estimate of drug-likeness (QED) is 0.773. The van der Waals surface area contributed by atoms with Crippen LogP contribution in [0.25, 0.3) is 0 Å². The van der Waals surface area contributed by atoms with Crippen molar-refractivity contribution in [3.63, 3.8) is 0 Å². The van der Waals surface area contributed by atoms with E-state index >= 15 is 0 Å². The first-order chi connectivity index (χ1) is 9.35. The molecule has 1 rings (SSSR count). The first kappa shape index (κ1) is 16.9. The third-order valence-electron chi connectivity index (χ3n) is 2.85. The summed E-state index contributed by atoms with van der Waals surface area (Å²) in [5.74, 6) is 1.05. The van der Waals surface area contributed by atoms with E-state index in [1.165, 1.54) is 24.3 Å². The Morgan fingerprint density at radius 1 is 1.20 bits per heavy atom. The van der Waals surface area contributed by atoms with Crippen LogP contribution in [0.2, 0.25) is 0 Å². The molecule has 6 heteroatoms. The standard InChI is InChI=1S/C14H19NO3S2/c1-12(2)7-8-19(16)9-10-20(17,18)14-5-3-13(11-15)4-6-14/h3-6,12H,7-10H2,1-2H3. The van der Waals surface area contributed by atoms with Gasteiger partial charge < -0.3 is 0 Å². The molecule has 1 aromatic rings. The molecule has 0 heterocycles. The van der Waals surface area contributed by atoms with Crippen molar-refractivity contribution in [1.82, 2.24) is 0 Å². The maximum absolute atomic E-state index is 12.1. The van der Waals surface area contributed by atoms with Gasteiger partial charge in [0.25, 0.3) is 0 Å². The summed E-state index contributed by atoms with van der Waals surface area (Å²) in [6.45, 7) is 4.09. The highest BCUT2D eigenvalue weighted by Gasteiger charge is 2.16. The van der Waals surface area contributed by atoms with Gasteiger partial charge in [-0.25, -0.2) is 8.42 Å². The third-order valence-corrected chi connectivity index (χ3v) is 6.19. The summed E-state index contributed by atoms with van der Waals surface area (Å²) in [5, 5.41) is 8.67. The van der Waals surface area contributed by atoms with Crippen molar-refractivity contribution in [1.29, 1.82) is 5.26 Å². The van der Waals surface area contributed by atoms with Gasteiger partial charge in [-0.3, -0.25) is 4.21 Å². The summed E-state index contributed by atoms with van der Waals surface area (Å²) in [6, 6.07) is 7.73. The molecule has 1 atom stereocenters. The second-order valence-corrected chi connectivity index (χ2v) is 8.79. The fourth-order valence-corrected chi connectivity index (χ4v) is 4.87. The molecule has 0 spiro atoms. The van der Waals surface area contributed by atoms with Crippen LogP contribution in [-0.2, 0) is 20.6 Å². The monoisotopic (exact) mass is 313 g/mol. The molecule has 0 bridgehead atoms. The molecule has 0 fully saturated rings. The topological polar surface area (TPSA) is 75.0 Å². The molecule has 0 aliphatic rings. The van der Waals surface area contributed by atoms with Crippen molar-refractivity contribution < 1.29 is 12.6 Å². The van der Waals surface area contributed by atoms with Gasteiger partial charge >= 0.3 is 0 Å². The molecule has 0 radical (unpaired) electrons. The van der Waals surface area contributed by atoms with Crippen molar-refractivity contribution in [2.75, 3.05) is 17.3 Å². The molecule has 0 aliphatic carbocycles. The Bertz CT molecular complexity index is 598. The van der Waals surface area contributed by atoms with E-state index in [9.17, 15) is 12.6 Å². The minimum Gasteiger partial charge on any atom is -0.260 e. The first-order valence-electron chi connectivity index (χ1n) is 6.43. The average molecular weight is 313 g/mol. The molecule has 0 saturated heterocycles. The number of sulfone groups is 1. The second-order valence-electron chi connectivity index (χ2n) is 4.99. The normalized spacial score (nSPS) is 13.1. The van der Waals surface area contributed by atoms with Gasteiger partial charge in [0.2, 0.25) is 0 Å². The maximum Gasteiger partial charge on any atom is 0.179 e. The predicted octanol–water partition coefficient (Wildman–Crippen LogP) is 2.13. The van der Waals surface area contributed by atoms with E-state index in [-0.39, 0.29) is 16.4 Å². The lowest BCUT2D eigenvalue weighted by Gasteiger charge is -2.06. The smallest absolute Gasteiger partial charge is 0.179 e. The van der Waals surface area contributed by atoms with Crippen LogP contribution in [0.15, 0.2) is 29.2 Å². The van der Waals surface area contributed by atoms with E-state index in [0.29, 0.717) is 17.2 Å². The zero-order chi connectivity index (χ0) is 15.2. The van der Waals surface area contributed by atoms with Crippen molar-refractivity contribution in [3.8, 4) is 6.07 Å². The molecule has 0 saturated carbocycles. The fraction of sp³-hybridized carbons (Fsp3) is 0.500. The number of nitrogens with zero attached hydrogens (tertiary/aromatic N) is 1. The SMILES string of the molecule is CC(C)CCS(=O)CCS(=O)(=O)c1ccc(C#N)cc1. The van der Waals surface area contributed by atoms with Gasteiger partial charge in [-0.15, -0.1) is 0 Å². The predicted molar refractivity (Wildman–Crippen MR) is 80.5 cm³/mol. The van der Waals surface area contributed by atoms with Crippen molar-refractivity contribution in [3.05, 3.63) is 29.8 Å². The van der Waals surface area contributed by atoms with Crippen molar-refractivity contribution >= 4 is 20.6 Å². The van der Waals surface area contributed by atoms with Gasteiger partial charge in [0.1, 0.15) is 0 Å². The molecule has 110 valence electrons. The molecule has 0 aromatic heterocycles. The summed E-state index contributed by atoms with van der Waals surface area (Å²) in [5.41, 5.74) is 0.421. The molecule has 4 nitrogen and oxygen atoms in total. The van der Waals surface area contributed by atoms with Gasteiger partial charge in [-0.2, -0.15) is 5.26 Å². The Kier molecular flexibility index (Phi) is 6.37. The highest BCUT2D eigenvalue weighted by Crippen LogP contribution is 2.12. The lowest BCUT2D eigenvalue weighted by atomic mass is 10.2. The molecule has 0 aliphatic heterocycles. The average Bonchev–Trinajstić information content (AvgIpc) is 2.43. The highest BCUT2D eigenvalue weighted by atomic mass is 32.2. The molecular formula is C14H19NO3S2. The van der Waals surface area contributed by atoms with E-state index in [1.807, 2.05) is 19.9 Å². The number of hydrogen-bond donors (Lipinski definition) is 0. The van der Waals surface area contributed by atoms with E-state index in [1.54, 1.807) is 0 Å². The zero-order valence-corrected chi connectivity index (χ0v) is 13.3. The van der Waals surface area contributed by atoms with Crippen LogP contribution in [0.3, 0.4) is 0 Å². The summed E-state index contributed by atoms with van der Waals surface area (Å²) in [6.07, 6.45) is 0.837.